The Morgan fingerprint density at radius 3 is 2.82 bits per heavy atom. The zero-order valence-corrected chi connectivity index (χ0v) is 14.7. The van der Waals surface area contributed by atoms with E-state index in [1.807, 2.05) is 11.8 Å². The van der Waals surface area contributed by atoms with Gasteiger partial charge in [-0.2, -0.15) is 0 Å². The Hall–Kier alpha value is -0.970. The van der Waals surface area contributed by atoms with E-state index in [0.717, 1.165) is 19.4 Å². The van der Waals surface area contributed by atoms with Crippen LogP contribution < -0.4 is 10.5 Å². The molecule has 4 nitrogen and oxygen atoms in total. The summed E-state index contributed by atoms with van der Waals surface area (Å²) in [4.78, 5) is 14.6. The van der Waals surface area contributed by atoms with Gasteiger partial charge in [-0.1, -0.05) is 25.4 Å². The van der Waals surface area contributed by atoms with Gasteiger partial charge in [-0.15, -0.1) is 12.4 Å². The molecule has 2 rings (SSSR count). The number of hydrogen-bond donors (Lipinski definition) is 1. The SMILES string of the molecule is CCCOc1ccc(Cl)cc1C(=O)N1CCC(C)(CN)C1.Cl. The molecule has 0 aromatic heterocycles. The highest BCUT2D eigenvalue weighted by Crippen LogP contribution is 2.32. The number of benzene rings is 1. The third-order valence-corrected chi connectivity index (χ3v) is 4.21. The highest BCUT2D eigenvalue weighted by atomic mass is 35.5. The van der Waals surface area contributed by atoms with Crippen molar-refractivity contribution < 1.29 is 9.53 Å². The third-order valence-electron chi connectivity index (χ3n) is 3.97. The summed E-state index contributed by atoms with van der Waals surface area (Å²) in [7, 11) is 0. The van der Waals surface area contributed by atoms with E-state index in [-0.39, 0.29) is 23.7 Å². The Kier molecular flexibility index (Phi) is 6.98. The van der Waals surface area contributed by atoms with Gasteiger partial charge in [0.15, 0.2) is 0 Å². The molecule has 0 saturated carbocycles. The van der Waals surface area contributed by atoms with Crippen molar-refractivity contribution in [3.05, 3.63) is 28.8 Å². The van der Waals surface area contributed by atoms with Crippen LogP contribution >= 0.6 is 24.0 Å². The topological polar surface area (TPSA) is 55.6 Å². The van der Waals surface area contributed by atoms with Gasteiger partial charge < -0.3 is 15.4 Å². The summed E-state index contributed by atoms with van der Waals surface area (Å²) in [6.07, 6.45) is 1.83. The maximum absolute atomic E-state index is 12.7. The van der Waals surface area contributed by atoms with E-state index in [1.165, 1.54) is 0 Å². The van der Waals surface area contributed by atoms with Crippen molar-refractivity contribution in [2.75, 3.05) is 26.2 Å². The quantitative estimate of drug-likeness (QED) is 0.889. The number of rotatable bonds is 5. The van der Waals surface area contributed by atoms with Crippen LogP contribution in [0.1, 0.15) is 37.0 Å². The molecule has 0 radical (unpaired) electrons. The van der Waals surface area contributed by atoms with Crippen molar-refractivity contribution in [3.8, 4) is 5.75 Å². The Labute approximate surface area is 143 Å². The van der Waals surface area contributed by atoms with Gasteiger partial charge in [0.05, 0.1) is 12.2 Å². The molecule has 1 aliphatic heterocycles. The van der Waals surface area contributed by atoms with E-state index in [9.17, 15) is 4.79 Å². The maximum atomic E-state index is 12.7. The molecule has 1 fully saturated rings. The number of carbonyl (C=O) groups is 1. The van der Waals surface area contributed by atoms with Crippen LogP contribution in [0.15, 0.2) is 18.2 Å². The highest BCUT2D eigenvalue weighted by molar-refractivity contribution is 6.31. The van der Waals surface area contributed by atoms with Crippen LogP contribution in [0.3, 0.4) is 0 Å². The fourth-order valence-electron chi connectivity index (χ4n) is 2.54. The van der Waals surface area contributed by atoms with Crippen LogP contribution in [0.4, 0.5) is 0 Å². The van der Waals surface area contributed by atoms with Crippen molar-refractivity contribution >= 4 is 29.9 Å². The molecule has 1 aliphatic rings. The van der Waals surface area contributed by atoms with Crippen LogP contribution in [-0.4, -0.2) is 37.0 Å². The lowest BCUT2D eigenvalue weighted by Gasteiger charge is -2.23. The predicted octanol–water partition coefficient (Wildman–Crippen LogP) is 3.36. The summed E-state index contributed by atoms with van der Waals surface area (Å²) >= 11 is 6.04. The van der Waals surface area contributed by atoms with Gasteiger partial charge in [-0.05, 0) is 43.0 Å². The Bertz CT molecular complexity index is 525. The molecule has 124 valence electrons. The van der Waals surface area contributed by atoms with Crippen LogP contribution in [-0.2, 0) is 0 Å². The zero-order chi connectivity index (χ0) is 15.5. The fourth-order valence-corrected chi connectivity index (χ4v) is 2.71. The van der Waals surface area contributed by atoms with Gasteiger partial charge in [-0.25, -0.2) is 0 Å². The van der Waals surface area contributed by atoms with Crippen molar-refractivity contribution in [1.29, 1.82) is 0 Å². The Morgan fingerprint density at radius 1 is 1.50 bits per heavy atom. The molecule has 22 heavy (non-hydrogen) atoms. The number of nitrogens with two attached hydrogens (primary N) is 1. The second kappa shape index (κ2) is 8.04. The van der Waals surface area contributed by atoms with E-state index < -0.39 is 0 Å². The summed E-state index contributed by atoms with van der Waals surface area (Å²) in [5.74, 6) is 0.577. The van der Waals surface area contributed by atoms with E-state index in [0.29, 0.717) is 36.0 Å². The van der Waals surface area contributed by atoms with Crippen molar-refractivity contribution in [2.24, 2.45) is 11.1 Å². The van der Waals surface area contributed by atoms with Crippen LogP contribution in [0.5, 0.6) is 5.75 Å². The summed E-state index contributed by atoms with van der Waals surface area (Å²) in [5, 5.41) is 0.544. The van der Waals surface area contributed by atoms with Crippen molar-refractivity contribution in [3.63, 3.8) is 0 Å². The minimum Gasteiger partial charge on any atom is -0.493 e. The van der Waals surface area contributed by atoms with E-state index in [1.54, 1.807) is 18.2 Å². The molecule has 1 saturated heterocycles. The zero-order valence-electron chi connectivity index (χ0n) is 13.1. The lowest BCUT2D eigenvalue weighted by Crippen LogP contribution is -2.34. The largest absolute Gasteiger partial charge is 0.493 e. The van der Waals surface area contributed by atoms with Crippen molar-refractivity contribution in [1.82, 2.24) is 4.90 Å². The molecule has 1 unspecified atom stereocenters. The minimum atomic E-state index is -0.0271. The van der Waals surface area contributed by atoms with Crippen LogP contribution in [0.25, 0.3) is 0 Å². The molecule has 6 heteroatoms. The summed E-state index contributed by atoms with van der Waals surface area (Å²) in [6.45, 7) is 6.74. The first-order valence-electron chi connectivity index (χ1n) is 7.41. The standard InChI is InChI=1S/C16H23ClN2O2.ClH/c1-3-8-21-14-5-4-12(17)9-13(14)15(20)19-7-6-16(2,10-18)11-19;/h4-5,9H,3,6-8,10-11,18H2,1-2H3;1H. The number of carbonyl (C=O) groups excluding carboxylic acids is 1. The number of halogens is 2. The van der Waals surface area contributed by atoms with Gasteiger partial charge in [0, 0.05) is 18.1 Å². The molecular formula is C16H24Cl2N2O2. The first-order chi connectivity index (χ1) is 9.99. The predicted molar refractivity (Wildman–Crippen MR) is 92.2 cm³/mol. The lowest BCUT2D eigenvalue weighted by molar-refractivity contribution is 0.0772. The Morgan fingerprint density at radius 2 is 2.23 bits per heavy atom. The number of hydrogen-bond acceptors (Lipinski definition) is 3. The first kappa shape index (κ1) is 19.1. The fraction of sp³-hybridized carbons (Fsp3) is 0.562. The van der Waals surface area contributed by atoms with E-state index in [4.69, 9.17) is 22.1 Å². The van der Waals surface area contributed by atoms with Crippen LogP contribution in [0.2, 0.25) is 5.02 Å². The Balaban J connectivity index is 0.00000242. The van der Waals surface area contributed by atoms with Gasteiger partial charge in [0.2, 0.25) is 0 Å². The molecule has 1 atom stereocenters. The van der Waals surface area contributed by atoms with Gasteiger partial charge in [0.1, 0.15) is 5.75 Å². The average Bonchev–Trinajstić information content (AvgIpc) is 2.88. The van der Waals surface area contributed by atoms with E-state index >= 15 is 0 Å². The second-order valence-electron chi connectivity index (χ2n) is 5.98. The number of amides is 1. The highest BCUT2D eigenvalue weighted by Gasteiger charge is 2.35. The summed E-state index contributed by atoms with van der Waals surface area (Å²) in [6, 6.07) is 5.20. The normalized spacial score (nSPS) is 20.6. The molecule has 1 heterocycles. The number of ether oxygens (including phenoxy) is 1. The molecule has 1 aromatic rings. The molecule has 2 N–H and O–H groups in total. The number of nitrogens with zero attached hydrogens (tertiary/aromatic N) is 1. The lowest BCUT2D eigenvalue weighted by atomic mass is 9.90. The molecule has 0 spiro atoms. The molecular weight excluding hydrogens is 323 g/mol. The second-order valence-corrected chi connectivity index (χ2v) is 6.42. The number of likely N-dealkylation sites (tertiary alicyclic amines) is 1. The average molecular weight is 347 g/mol. The van der Waals surface area contributed by atoms with Crippen molar-refractivity contribution in [2.45, 2.75) is 26.7 Å². The van der Waals surface area contributed by atoms with Gasteiger partial charge >= 0.3 is 0 Å². The minimum absolute atomic E-state index is 0. The van der Waals surface area contributed by atoms with Crippen LogP contribution in [0, 0.1) is 5.41 Å². The molecule has 1 amide bonds. The molecule has 0 aliphatic carbocycles. The van der Waals surface area contributed by atoms with Gasteiger partial charge in [-0.3, -0.25) is 4.79 Å². The maximum Gasteiger partial charge on any atom is 0.257 e. The third kappa shape index (κ3) is 4.28. The molecule has 0 bridgehead atoms. The first-order valence-corrected chi connectivity index (χ1v) is 7.78. The summed E-state index contributed by atoms with van der Waals surface area (Å²) < 4.78 is 5.67. The van der Waals surface area contributed by atoms with E-state index in [2.05, 4.69) is 6.92 Å². The monoisotopic (exact) mass is 346 g/mol. The smallest absolute Gasteiger partial charge is 0.257 e. The van der Waals surface area contributed by atoms with Gasteiger partial charge in [0.25, 0.3) is 5.91 Å². The summed E-state index contributed by atoms with van der Waals surface area (Å²) in [5.41, 5.74) is 6.36. The molecule has 1 aromatic carbocycles.